The summed E-state index contributed by atoms with van der Waals surface area (Å²) in [6.45, 7) is 9.90. The summed E-state index contributed by atoms with van der Waals surface area (Å²) in [6.07, 6.45) is 0. The Balaban J connectivity index is 1.92. The minimum absolute atomic E-state index is 0.268. The van der Waals surface area contributed by atoms with Crippen LogP contribution in [0.4, 0.5) is 11.4 Å². The Morgan fingerprint density at radius 2 is 1.48 bits per heavy atom. The summed E-state index contributed by atoms with van der Waals surface area (Å²) < 4.78 is 5.49. The van der Waals surface area contributed by atoms with Crippen molar-refractivity contribution < 1.29 is 14.3 Å². The van der Waals surface area contributed by atoms with E-state index in [2.05, 4.69) is 5.32 Å². The van der Waals surface area contributed by atoms with Gasteiger partial charge in [0.25, 0.3) is 11.8 Å². The summed E-state index contributed by atoms with van der Waals surface area (Å²) >= 11 is 0. The minimum atomic E-state index is -0.403. The number of nitrogens with one attached hydrogen (secondary N) is 1. The molecule has 0 atom stereocenters. The number of carbonyl (C=O) groups is 2. The highest BCUT2D eigenvalue weighted by Gasteiger charge is 2.42. The maximum atomic E-state index is 13.8. The van der Waals surface area contributed by atoms with E-state index in [4.69, 9.17) is 4.74 Å². The molecular formula is C28H28N2O3. The van der Waals surface area contributed by atoms with E-state index in [1.54, 1.807) is 12.1 Å². The highest BCUT2D eigenvalue weighted by Crippen LogP contribution is 2.39. The Morgan fingerprint density at radius 1 is 0.788 bits per heavy atom. The standard InChI is InChI=1S/C28H28N2O3/c1-16-10-12-21(19(4)14-16)25-26(29-22-9-7-8-18(3)20(22)5)28(32)30(27(25)31)23-15-17(2)11-13-24(23)33-6/h7-15,29H,1-6H3. The second kappa shape index (κ2) is 8.58. The lowest BCUT2D eigenvalue weighted by Gasteiger charge is -2.19. The number of hydrogen-bond donors (Lipinski definition) is 1. The van der Waals surface area contributed by atoms with E-state index in [0.717, 1.165) is 39.1 Å². The Morgan fingerprint density at radius 3 is 2.18 bits per heavy atom. The molecule has 3 aromatic rings. The topological polar surface area (TPSA) is 58.6 Å². The third kappa shape index (κ3) is 3.91. The molecule has 5 nitrogen and oxygen atoms in total. The van der Waals surface area contributed by atoms with Gasteiger partial charge in [-0.2, -0.15) is 0 Å². The first-order valence-corrected chi connectivity index (χ1v) is 10.9. The second-order valence-corrected chi connectivity index (χ2v) is 8.56. The largest absolute Gasteiger partial charge is 0.495 e. The molecule has 33 heavy (non-hydrogen) atoms. The molecule has 1 aliphatic rings. The monoisotopic (exact) mass is 440 g/mol. The van der Waals surface area contributed by atoms with Gasteiger partial charge in [0.2, 0.25) is 0 Å². The first-order valence-electron chi connectivity index (χ1n) is 10.9. The van der Waals surface area contributed by atoms with Gasteiger partial charge >= 0.3 is 0 Å². The molecular weight excluding hydrogens is 412 g/mol. The van der Waals surface area contributed by atoms with Crippen molar-refractivity contribution in [2.24, 2.45) is 0 Å². The van der Waals surface area contributed by atoms with E-state index in [9.17, 15) is 9.59 Å². The molecule has 1 heterocycles. The van der Waals surface area contributed by atoms with E-state index in [-0.39, 0.29) is 11.6 Å². The van der Waals surface area contributed by atoms with Gasteiger partial charge in [-0.15, -0.1) is 0 Å². The predicted octanol–water partition coefficient (Wildman–Crippen LogP) is 5.63. The SMILES string of the molecule is COc1ccc(C)cc1N1C(=O)C(Nc2cccc(C)c2C)=C(c2ccc(C)cc2C)C1=O. The van der Waals surface area contributed by atoms with Crippen molar-refractivity contribution in [3.8, 4) is 5.75 Å². The van der Waals surface area contributed by atoms with Crippen LogP contribution in [0.15, 0.2) is 60.3 Å². The van der Waals surface area contributed by atoms with Crippen molar-refractivity contribution in [3.05, 3.63) is 93.7 Å². The molecule has 0 bridgehead atoms. The van der Waals surface area contributed by atoms with Crippen molar-refractivity contribution in [3.63, 3.8) is 0 Å². The van der Waals surface area contributed by atoms with Crippen molar-refractivity contribution in [2.45, 2.75) is 34.6 Å². The highest BCUT2D eigenvalue weighted by atomic mass is 16.5. The van der Waals surface area contributed by atoms with Crippen LogP contribution >= 0.6 is 0 Å². The maximum absolute atomic E-state index is 13.8. The number of imide groups is 1. The normalized spacial score (nSPS) is 13.7. The fourth-order valence-electron chi connectivity index (χ4n) is 4.20. The summed E-state index contributed by atoms with van der Waals surface area (Å²) in [5, 5.41) is 3.30. The summed E-state index contributed by atoms with van der Waals surface area (Å²) in [4.78, 5) is 28.8. The van der Waals surface area contributed by atoms with Crippen molar-refractivity contribution in [1.82, 2.24) is 0 Å². The number of nitrogens with zero attached hydrogens (tertiary/aromatic N) is 1. The molecule has 2 amide bonds. The zero-order valence-electron chi connectivity index (χ0n) is 19.9. The number of rotatable bonds is 5. The lowest BCUT2D eigenvalue weighted by atomic mass is 9.97. The summed E-state index contributed by atoms with van der Waals surface area (Å²) in [7, 11) is 1.53. The second-order valence-electron chi connectivity index (χ2n) is 8.56. The molecule has 5 heteroatoms. The van der Waals surface area contributed by atoms with Crippen molar-refractivity contribution >= 4 is 28.8 Å². The van der Waals surface area contributed by atoms with E-state index in [0.29, 0.717) is 17.0 Å². The van der Waals surface area contributed by atoms with Crippen molar-refractivity contribution in [2.75, 3.05) is 17.3 Å². The predicted molar refractivity (Wildman–Crippen MR) is 133 cm³/mol. The molecule has 0 aliphatic carbocycles. The number of anilines is 2. The lowest BCUT2D eigenvalue weighted by Crippen LogP contribution is -2.32. The van der Waals surface area contributed by atoms with Crippen LogP contribution in [0.2, 0.25) is 0 Å². The third-order valence-electron chi connectivity index (χ3n) is 6.17. The van der Waals surface area contributed by atoms with E-state index in [1.165, 1.54) is 12.0 Å². The number of benzene rings is 3. The average Bonchev–Trinajstić information content (AvgIpc) is 3.01. The maximum Gasteiger partial charge on any atom is 0.282 e. The molecule has 0 aromatic heterocycles. The first-order chi connectivity index (χ1) is 15.7. The smallest absolute Gasteiger partial charge is 0.282 e. The number of aryl methyl sites for hydroxylation is 4. The fourth-order valence-corrected chi connectivity index (χ4v) is 4.20. The molecule has 3 aromatic carbocycles. The molecule has 1 aliphatic heterocycles. The van der Waals surface area contributed by atoms with Crippen LogP contribution in [0.5, 0.6) is 5.75 Å². The van der Waals surface area contributed by atoms with E-state index in [1.807, 2.05) is 77.1 Å². The summed E-state index contributed by atoms with van der Waals surface area (Å²) in [5.74, 6) is -0.307. The van der Waals surface area contributed by atoms with Crippen LogP contribution in [0.1, 0.15) is 33.4 Å². The Bertz CT molecular complexity index is 1320. The molecule has 1 N–H and O–H groups in total. The third-order valence-corrected chi connectivity index (χ3v) is 6.17. The van der Waals surface area contributed by atoms with Gasteiger partial charge in [-0.05, 0) is 80.6 Å². The molecule has 0 radical (unpaired) electrons. The first kappa shape index (κ1) is 22.3. The zero-order chi connectivity index (χ0) is 23.9. The van der Waals surface area contributed by atoms with Gasteiger partial charge in [0, 0.05) is 5.69 Å². The number of amides is 2. The molecule has 0 unspecified atom stereocenters. The van der Waals surface area contributed by atoms with Crippen LogP contribution in [0, 0.1) is 34.6 Å². The van der Waals surface area contributed by atoms with Crippen LogP contribution in [0.3, 0.4) is 0 Å². The number of ether oxygens (including phenoxy) is 1. The number of carbonyl (C=O) groups excluding carboxylic acids is 2. The summed E-state index contributed by atoms with van der Waals surface area (Å²) in [6, 6.07) is 17.2. The van der Waals surface area contributed by atoms with Gasteiger partial charge < -0.3 is 10.1 Å². The van der Waals surface area contributed by atoms with E-state index < -0.39 is 5.91 Å². The minimum Gasteiger partial charge on any atom is -0.495 e. The van der Waals surface area contributed by atoms with Crippen LogP contribution < -0.4 is 15.0 Å². The average molecular weight is 441 g/mol. The number of methoxy groups -OCH3 is 1. The van der Waals surface area contributed by atoms with Crippen LogP contribution in [-0.4, -0.2) is 18.9 Å². The zero-order valence-corrected chi connectivity index (χ0v) is 19.9. The Labute approximate surface area is 194 Å². The van der Waals surface area contributed by atoms with Gasteiger partial charge in [0.05, 0.1) is 18.4 Å². The lowest BCUT2D eigenvalue weighted by molar-refractivity contribution is -0.120. The molecule has 168 valence electrons. The summed E-state index contributed by atoms with van der Waals surface area (Å²) in [5.41, 5.74) is 7.68. The van der Waals surface area contributed by atoms with Gasteiger partial charge in [0.15, 0.2) is 0 Å². The number of hydrogen-bond acceptors (Lipinski definition) is 4. The van der Waals surface area contributed by atoms with Gasteiger partial charge in [-0.1, -0.05) is 42.0 Å². The Kier molecular flexibility index (Phi) is 5.81. The van der Waals surface area contributed by atoms with E-state index >= 15 is 0 Å². The van der Waals surface area contributed by atoms with Gasteiger partial charge in [-0.3, -0.25) is 9.59 Å². The molecule has 0 saturated heterocycles. The highest BCUT2D eigenvalue weighted by molar-refractivity contribution is 6.46. The fraction of sp³-hybridized carbons (Fsp3) is 0.214. The van der Waals surface area contributed by atoms with Gasteiger partial charge in [0.1, 0.15) is 11.4 Å². The molecule has 0 saturated carbocycles. The molecule has 0 spiro atoms. The molecule has 4 rings (SSSR count). The molecule has 0 fully saturated rings. The van der Waals surface area contributed by atoms with Crippen LogP contribution in [0.25, 0.3) is 5.57 Å². The Hall–Kier alpha value is -3.86. The van der Waals surface area contributed by atoms with Gasteiger partial charge in [-0.25, -0.2) is 4.90 Å². The quantitative estimate of drug-likeness (QED) is 0.522. The van der Waals surface area contributed by atoms with Crippen molar-refractivity contribution in [1.29, 1.82) is 0 Å². The van der Waals surface area contributed by atoms with Crippen LogP contribution in [-0.2, 0) is 9.59 Å².